The topological polar surface area (TPSA) is 52.0 Å². The highest BCUT2D eigenvalue weighted by Gasteiger charge is 2.11. The Bertz CT molecular complexity index is 566. The van der Waals surface area contributed by atoms with Crippen molar-refractivity contribution in [1.82, 2.24) is 0 Å². The number of rotatable bonds is 0. The third kappa shape index (κ3) is 0.844. The minimum Gasteiger partial charge on any atom is -0.396 e. The molecule has 4 N–H and O–H groups in total. The molecule has 0 spiro atoms. The van der Waals surface area contributed by atoms with Crippen molar-refractivity contribution in [1.29, 1.82) is 0 Å². The summed E-state index contributed by atoms with van der Waals surface area (Å²) in [5.41, 5.74) is 13.4. The Morgan fingerprint density at radius 2 is 1.21 bits per heavy atom. The quantitative estimate of drug-likeness (QED) is 0.451. The molecule has 2 aromatic heterocycles. The molecule has 70 valence electrons. The maximum atomic E-state index is 5.98. The van der Waals surface area contributed by atoms with E-state index in [-0.39, 0.29) is 0 Å². The molecule has 0 aliphatic heterocycles. The minimum atomic E-state index is 0.727. The summed E-state index contributed by atoms with van der Waals surface area (Å²) >= 11 is 3.29. The first-order valence-electron chi connectivity index (χ1n) is 4.20. The molecule has 0 saturated carbocycles. The molecule has 14 heavy (non-hydrogen) atoms. The Kier molecular flexibility index (Phi) is 1.51. The van der Waals surface area contributed by atoms with E-state index >= 15 is 0 Å². The minimum absolute atomic E-state index is 0.727. The van der Waals surface area contributed by atoms with Crippen molar-refractivity contribution < 1.29 is 0 Å². The van der Waals surface area contributed by atoms with E-state index in [4.69, 9.17) is 11.5 Å². The molecule has 0 unspecified atom stereocenters. The highest BCUT2D eigenvalue weighted by Crippen LogP contribution is 2.41. The van der Waals surface area contributed by atoms with Crippen molar-refractivity contribution in [2.75, 3.05) is 11.5 Å². The first kappa shape index (κ1) is 8.08. The van der Waals surface area contributed by atoms with E-state index < -0.39 is 0 Å². The first-order chi connectivity index (χ1) is 6.79. The Balaban J connectivity index is 2.73. The SMILES string of the molecule is Nc1c(N)c2sccc2c2ccsc12. The van der Waals surface area contributed by atoms with Gasteiger partial charge in [-0.3, -0.25) is 0 Å². The van der Waals surface area contributed by atoms with Crippen LogP contribution in [-0.2, 0) is 0 Å². The summed E-state index contributed by atoms with van der Waals surface area (Å²) in [6, 6.07) is 4.20. The molecular weight excluding hydrogens is 212 g/mol. The average molecular weight is 220 g/mol. The van der Waals surface area contributed by atoms with Gasteiger partial charge in [-0.25, -0.2) is 0 Å². The van der Waals surface area contributed by atoms with E-state index in [2.05, 4.69) is 22.9 Å². The molecule has 2 nitrogen and oxygen atoms in total. The van der Waals surface area contributed by atoms with Crippen molar-refractivity contribution in [3.63, 3.8) is 0 Å². The first-order valence-corrected chi connectivity index (χ1v) is 5.96. The number of thiophene rings is 2. The normalized spacial score (nSPS) is 11.4. The monoisotopic (exact) mass is 220 g/mol. The Hall–Kier alpha value is -1.26. The number of anilines is 2. The molecule has 0 fully saturated rings. The fraction of sp³-hybridized carbons (Fsp3) is 0. The summed E-state index contributed by atoms with van der Waals surface area (Å²) in [6.07, 6.45) is 0. The number of hydrogen-bond acceptors (Lipinski definition) is 4. The van der Waals surface area contributed by atoms with Crippen molar-refractivity contribution in [3.05, 3.63) is 22.9 Å². The predicted octanol–water partition coefficient (Wildman–Crippen LogP) is 3.28. The van der Waals surface area contributed by atoms with Crippen LogP contribution in [0.5, 0.6) is 0 Å². The van der Waals surface area contributed by atoms with Crippen LogP contribution in [0.25, 0.3) is 20.2 Å². The molecule has 3 aromatic rings. The smallest absolute Gasteiger partial charge is 0.0744 e. The third-order valence-electron chi connectivity index (χ3n) is 2.40. The van der Waals surface area contributed by atoms with Crippen LogP contribution in [0.2, 0.25) is 0 Å². The van der Waals surface area contributed by atoms with Crippen molar-refractivity contribution in [2.45, 2.75) is 0 Å². The van der Waals surface area contributed by atoms with Gasteiger partial charge in [-0.15, -0.1) is 22.7 Å². The summed E-state index contributed by atoms with van der Waals surface area (Å²) in [5.74, 6) is 0. The summed E-state index contributed by atoms with van der Waals surface area (Å²) in [7, 11) is 0. The van der Waals surface area contributed by atoms with Crippen molar-refractivity contribution in [3.8, 4) is 0 Å². The molecule has 0 radical (unpaired) electrons. The second-order valence-corrected chi connectivity index (χ2v) is 4.99. The van der Waals surface area contributed by atoms with E-state index in [1.54, 1.807) is 22.7 Å². The lowest BCUT2D eigenvalue weighted by Gasteiger charge is -2.03. The zero-order chi connectivity index (χ0) is 9.71. The van der Waals surface area contributed by atoms with Crippen molar-refractivity contribution >= 4 is 54.2 Å². The molecule has 0 amide bonds. The summed E-state index contributed by atoms with van der Waals surface area (Å²) in [5, 5.41) is 6.55. The van der Waals surface area contributed by atoms with Crippen LogP contribution in [0.15, 0.2) is 22.9 Å². The lowest BCUT2D eigenvalue weighted by molar-refractivity contribution is 1.85. The Labute approximate surface area is 88.8 Å². The van der Waals surface area contributed by atoms with Crippen LogP contribution >= 0.6 is 22.7 Å². The van der Waals surface area contributed by atoms with Gasteiger partial charge in [0.25, 0.3) is 0 Å². The van der Waals surface area contributed by atoms with Gasteiger partial charge in [0.05, 0.1) is 20.8 Å². The maximum absolute atomic E-state index is 5.98. The molecule has 0 aliphatic carbocycles. The van der Waals surface area contributed by atoms with Crippen LogP contribution in [0, 0.1) is 0 Å². The molecule has 2 heterocycles. The fourth-order valence-corrected chi connectivity index (χ4v) is 3.47. The number of benzene rings is 1. The van der Waals surface area contributed by atoms with E-state index in [0.29, 0.717) is 0 Å². The van der Waals surface area contributed by atoms with Gasteiger partial charge in [0.15, 0.2) is 0 Å². The Morgan fingerprint density at radius 3 is 1.64 bits per heavy atom. The van der Waals surface area contributed by atoms with Crippen LogP contribution in [0.3, 0.4) is 0 Å². The summed E-state index contributed by atoms with van der Waals surface area (Å²) in [4.78, 5) is 0. The zero-order valence-corrected chi connectivity index (χ0v) is 8.91. The lowest BCUT2D eigenvalue weighted by Crippen LogP contribution is -1.94. The van der Waals surface area contributed by atoms with E-state index in [1.807, 2.05) is 0 Å². The standard InChI is InChI=1S/C10H8N2S2/c11-7-8(12)10-6(2-4-14-10)5-1-3-13-9(5)7/h1-4H,11-12H2. The Morgan fingerprint density at radius 1 is 0.786 bits per heavy atom. The van der Waals surface area contributed by atoms with Gasteiger partial charge >= 0.3 is 0 Å². The summed E-state index contributed by atoms with van der Waals surface area (Å²) in [6.45, 7) is 0. The third-order valence-corrected chi connectivity index (χ3v) is 4.30. The molecule has 0 atom stereocenters. The van der Waals surface area contributed by atoms with Gasteiger partial charge in [0, 0.05) is 10.8 Å². The van der Waals surface area contributed by atoms with E-state index in [1.165, 1.54) is 10.8 Å². The number of nitrogens with two attached hydrogens (primary N) is 2. The molecule has 4 heteroatoms. The molecule has 0 aliphatic rings. The fourth-order valence-electron chi connectivity index (χ4n) is 1.70. The number of nitrogen functional groups attached to an aromatic ring is 2. The van der Waals surface area contributed by atoms with Gasteiger partial charge in [-0.1, -0.05) is 0 Å². The van der Waals surface area contributed by atoms with Crippen LogP contribution in [0.4, 0.5) is 11.4 Å². The largest absolute Gasteiger partial charge is 0.396 e. The molecular formula is C10H8N2S2. The van der Waals surface area contributed by atoms with Gasteiger partial charge < -0.3 is 11.5 Å². The van der Waals surface area contributed by atoms with Gasteiger partial charge in [0.2, 0.25) is 0 Å². The zero-order valence-electron chi connectivity index (χ0n) is 7.28. The number of fused-ring (bicyclic) bond motifs is 3. The average Bonchev–Trinajstić information content (AvgIpc) is 2.80. The van der Waals surface area contributed by atoms with Crippen LogP contribution in [-0.4, -0.2) is 0 Å². The van der Waals surface area contributed by atoms with E-state index in [0.717, 1.165) is 20.8 Å². The molecule has 3 rings (SSSR count). The van der Waals surface area contributed by atoms with Crippen molar-refractivity contribution in [2.24, 2.45) is 0 Å². The van der Waals surface area contributed by atoms with Crippen LogP contribution in [0.1, 0.15) is 0 Å². The van der Waals surface area contributed by atoms with E-state index in [9.17, 15) is 0 Å². The summed E-state index contributed by atoms with van der Waals surface area (Å²) < 4.78 is 2.21. The second kappa shape index (κ2) is 2.62. The molecule has 0 saturated heterocycles. The molecule has 1 aromatic carbocycles. The highest BCUT2D eigenvalue weighted by atomic mass is 32.1. The second-order valence-electron chi connectivity index (χ2n) is 3.15. The van der Waals surface area contributed by atoms with Crippen LogP contribution < -0.4 is 11.5 Å². The number of hydrogen-bond donors (Lipinski definition) is 2. The highest BCUT2D eigenvalue weighted by molar-refractivity contribution is 7.20. The maximum Gasteiger partial charge on any atom is 0.0744 e. The predicted molar refractivity (Wildman–Crippen MR) is 66.0 cm³/mol. The van der Waals surface area contributed by atoms with Gasteiger partial charge in [-0.05, 0) is 22.9 Å². The van der Waals surface area contributed by atoms with Gasteiger partial charge in [0.1, 0.15) is 0 Å². The van der Waals surface area contributed by atoms with Gasteiger partial charge in [-0.2, -0.15) is 0 Å². The molecule has 0 bridgehead atoms. The lowest BCUT2D eigenvalue weighted by atomic mass is 10.1.